The normalized spacial score (nSPS) is 21.0. The van der Waals surface area contributed by atoms with Gasteiger partial charge in [0.05, 0.1) is 41.5 Å². The van der Waals surface area contributed by atoms with E-state index >= 15 is 0 Å². The Bertz CT molecular complexity index is 821. The number of imidazole rings is 1. The summed E-state index contributed by atoms with van der Waals surface area (Å²) in [6.07, 6.45) is 6.04. The molecule has 4 rings (SSSR count). The van der Waals surface area contributed by atoms with Crippen LogP contribution >= 0.6 is 0 Å². The van der Waals surface area contributed by atoms with Gasteiger partial charge in [-0.25, -0.2) is 9.97 Å². The van der Waals surface area contributed by atoms with Crippen molar-refractivity contribution < 1.29 is 0 Å². The van der Waals surface area contributed by atoms with E-state index in [0.29, 0.717) is 5.92 Å². The van der Waals surface area contributed by atoms with Crippen LogP contribution < -0.4 is 0 Å². The van der Waals surface area contributed by atoms with Gasteiger partial charge in [0.1, 0.15) is 0 Å². The molecule has 2 aromatic heterocycles. The van der Waals surface area contributed by atoms with Crippen molar-refractivity contribution in [2.75, 3.05) is 0 Å². The van der Waals surface area contributed by atoms with Crippen LogP contribution in [0.4, 0.5) is 0 Å². The maximum atomic E-state index is 4.72. The Labute approximate surface area is 130 Å². The Kier molecular flexibility index (Phi) is 3.17. The Morgan fingerprint density at radius 2 is 1.82 bits per heavy atom. The summed E-state index contributed by atoms with van der Waals surface area (Å²) in [5.41, 5.74) is 5.53. The SMILES string of the molecule is CC1Cc2ncn(Cc3cnc4ccccc4n3)c2CC1C. The van der Waals surface area contributed by atoms with Crippen LogP contribution in [0.1, 0.15) is 30.9 Å². The van der Waals surface area contributed by atoms with Crippen LogP contribution in [0.25, 0.3) is 11.0 Å². The van der Waals surface area contributed by atoms with Crippen molar-refractivity contribution in [3.05, 3.63) is 53.9 Å². The highest BCUT2D eigenvalue weighted by molar-refractivity contribution is 5.73. The number of fused-ring (bicyclic) bond motifs is 2. The smallest absolute Gasteiger partial charge is 0.0955 e. The molecule has 112 valence electrons. The van der Waals surface area contributed by atoms with Gasteiger partial charge in [0.15, 0.2) is 0 Å². The van der Waals surface area contributed by atoms with Gasteiger partial charge in [-0.1, -0.05) is 26.0 Å². The van der Waals surface area contributed by atoms with Crippen LogP contribution in [0.5, 0.6) is 0 Å². The predicted octanol–water partition coefficient (Wildman–Crippen LogP) is 3.25. The zero-order chi connectivity index (χ0) is 15.1. The van der Waals surface area contributed by atoms with Gasteiger partial charge in [0, 0.05) is 5.69 Å². The first-order valence-electron chi connectivity index (χ1n) is 7.94. The highest BCUT2D eigenvalue weighted by atomic mass is 15.1. The standard InChI is InChI=1S/C18H20N4/c1-12-7-17-18(8-13(12)2)22(11-20-17)10-14-9-19-15-5-3-4-6-16(15)21-14/h3-6,9,11-13H,7-8,10H2,1-2H3. The first kappa shape index (κ1) is 13.4. The quantitative estimate of drug-likeness (QED) is 0.728. The van der Waals surface area contributed by atoms with Gasteiger partial charge in [-0.3, -0.25) is 4.98 Å². The van der Waals surface area contributed by atoms with E-state index in [2.05, 4.69) is 28.4 Å². The van der Waals surface area contributed by atoms with Crippen molar-refractivity contribution in [1.29, 1.82) is 0 Å². The summed E-state index contributed by atoms with van der Waals surface area (Å²) in [5, 5.41) is 0. The van der Waals surface area contributed by atoms with Crippen LogP contribution in [0.3, 0.4) is 0 Å². The number of nitrogens with zero attached hydrogens (tertiary/aromatic N) is 4. The van der Waals surface area contributed by atoms with E-state index in [9.17, 15) is 0 Å². The fourth-order valence-corrected chi connectivity index (χ4v) is 3.25. The maximum Gasteiger partial charge on any atom is 0.0955 e. The molecule has 1 aliphatic carbocycles. The molecule has 0 saturated heterocycles. The van der Waals surface area contributed by atoms with Crippen molar-refractivity contribution >= 4 is 11.0 Å². The van der Waals surface area contributed by atoms with Crippen LogP contribution in [-0.4, -0.2) is 19.5 Å². The van der Waals surface area contributed by atoms with E-state index in [0.717, 1.165) is 42.0 Å². The minimum Gasteiger partial charge on any atom is -0.328 e. The number of aromatic nitrogens is 4. The third-order valence-electron chi connectivity index (χ3n) is 4.87. The van der Waals surface area contributed by atoms with Crippen LogP contribution in [-0.2, 0) is 19.4 Å². The number of hydrogen-bond acceptors (Lipinski definition) is 3. The summed E-state index contributed by atoms with van der Waals surface area (Å²) in [4.78, 5) is 13.8. The van der Waals surface area contributed by atoms with Crippen LogP contribution in [0.15, 0.2) is 36.8 Å². The lowest BCUT2D eigenvalue weighted by Gasteiger charge is -2.26. The molecular weight excluding hydrogens is 272 g/mol. The average Bonchev–Trinajstić information content (AvgIpc) is 2.90. The molecule has 0 saturated carbocycles. The Morgan fingerprint density at radius 1 is 1.05 bits per heavy atom. The molecule has 22 heavy (non-hydrogen) atoms. The predicted molar refractivity (Wildman–Crippen MR) is 86.6 cm³/mol. The summed E-state index contributed by atoms with van der Waals surface area (Å²) >= 11 is 0. The van der Waals surface area contributed by atoms with Gasteiger partial charge in [0.2, 0.25) is 0 Å². The first-order valence-corrected chi connectivity index (χ1v) is 7.94. The Balaban J connectivity index is 1.66. The van der Waals surface area contributed by atoms with Crippen molar-refractivity contribution in [2.24, 2.45) is 11.8 Å². The number of rotatable bonds is 2. The Morgan fingerprint density at radius 3 is 2.68 bits per heavy atom. The summed E-state index contributed by atoms with van der Waals surface area (Å²) in [6.45, 7) is 5.41. The second-order valence-electron chi connectivity index (χ2n) is 6.48. The van der Waals surface area contributed by atoms with E-state index in [1.165, 1.54) is 11.4 Å². The van der Waals surface area contributed by atoms with E-state index in [-0.39, 0.29) is 0 Å². The van der Waals surface area contributed by atoms with Gasteiger partial charge in [-0.05, 0) is 36.8 Å². The van der Waals surface area contributed by atoms with Gasteiger partial charge in [-0.2, -0.15) is 0 Å². The summed E-state index contributed by atoms with van der Waals surface area (Å²) in [7, 11) is 0. The second-order valence-corrected chi connectivity index (χ2v) is 6.48. The van der Waals surface area contributed by atoms with Crippen LogP contribution in [0, 0.1) is 11.8 Å². The van der Waals surface area contributed by atoms with E-state index in [4.69, 9.17) is 4.98 Å². The molecule has 2 atom stereocenters. The third kappa shape index (κ3) is 2.28. The molecule has 4 nitrogen and oxygen atoms in total. The maximum absolute atomic E-state index is 4.72. The lowest BCUT2D eigenvalue weighted by Crippen LogP contribution is -2.22. The summed E-state index contributed by atoms with van der Waals surface area (Å²) < 4.78 is 2.25. The monoisotopic (exact) mass is 292 g/mol. The van der Waals surface area contributed by atoms with Crippen molar-refractivity contribution in [1.82, 2.24) is 19.5 Å². The van der Waals surface area contributed by atoms with Crippen molar-refractivity contribution in [3.8, 4) is 0 Å². The largest absolute Gasteiger partial charge is 0.328 e. The highest BCUT2D eigenvalue weighted by Gasteiger charge is 2.25. The lowest BCUT2D eigenvalue weighted by molar-refractivity contribution is 0.350. The molecule has 3 aromatic rings. The first-order chi connectivity index (χ1) is 10.7. The zero-order valence-corrected chi connectivity index (χ0v) is 13.0. The van der Waals surface area contributed by atoms with Crippen LogP contribution in [0.2, 0.25) is 0 Å². The fraction of sp³-hybridized carbons (Fsp3) is 0.389. The molecule has 0 aliphatic heterocycles. The van der Waals surface area contributed by atoms with E-state index in [1.54, 1.807) is 0 Å². The number of hydrogen-bond donors (Lipinski definition) is 0. The summed E-state index contributed by atoms with van der Waals surface area (Å²) in [6, 6.07) is 8.00. The van der Waals surface area contributed by atoms with E-state index < -0.39 is 0 Å². The zero-order valence-electron chi connectivity index (χ0n) is 13.0. The molecular formula is C18H20N4. The minimum absolute atomic E-state index is 0.714. The molecule has 4 heteroatoms. The molecule has 0 N–H and O–H groups in total. The second kappa shape index (κ2) is 5.20. The molecule has 1 aromatic carbocycles. The molecule has 0 bridgehead atoms. The van der Waals surface area contributed by atoms with Gasteiger partial charge in [0.25, 0.3) is 0 Å². The molecule has 1 aliphatic rings. The molecule has 2 heterocycles. The van der Waals surface area contributed by atoms with Gasteiger partial charge < -0.3 is 4.57 Å². The topological polar surface area (TPSA) is 43.6 Å². The third-order valence-corrected chi connectivity index (χ3v) is 4.87. The van der Waals surface area contributed by atoms with Crippen molar-refractivity contribution in [3.63, 3.8) is 0 Å². The lowest BCUT2D eigenvalue weighted by atomic mass is 9.82. The number of para-hydroxylation sites is 2. The van der Waals surface area contributed by atoms with E-state index in [1.807, 2.05) is 36.8 Å². The van der Waals surface area contributed by atoms with Crippen molar-refractivity contribution in [2.45, 2.75) is 33.2 Å². The summed E-state index contributed by atoms with van der Waals surface area (Å²) in [5.74, 6) is 1.43. The highest BCUT2D eigenvalue weighted by Crippen LogP contribution is 2.29. The molecule has 0 fully saturated rings. The molecule has 2 unspecified atom stereocenters. The Hall–Kier alpha value is -2.23. The minimum atomic E-state index is 0.714. The molecule has 0 spiro atoms. The fourth-order valence-electron chi connectivity index (χ4n) is 3.25. The average molecular weight is 292 g/mol. The van der Waals surface area contributed by atoms with Gasteiger partial charge >= 0.3 is 0 Å². The number of benzene rings is 1. The molecule has 0 radical (unpaired) electrons. The molecule has 0 amide bonds. The van der Waals surface area contributed by atoms with Gasteiger partial charge in [-0.15, -0.1) is 0 Å².